The van der Waals surface area contributed by atoms with Crippen LogP contribution >= 0.6 is 22.6 Å². The summed E-state index contributed by atoms with van der Waals surface area (Å²) < 4.78 is 8.16. The molecule has 0 unspecified atom stereocenters. The fourth-order valence-electron chi connectivity index (χ4n) is 3.12. The number of aromatic nitrogens is 1. The molecule has 0 fully saturated rings. The molecule has 130 valence electrons. The quantitative estimate of drug-likeness (QED) is 0.316. The Morgan fingerprint density at radius 3 is 2.54 bits per heavy atom. The van der Waals surface area contributed by atoms with Crippen LogP contribution in [0.2, 0.25) is 18.1 Å². The van der Waals surface area contributed by atoms with Crippen LogP contribution in [0.1, 0.15) is 45.8 Å². The fraction of sp³-hybridized carbons (Fsp3) is 0.450. The lowest BCUT2D eigenvalue weighted by molar-refractivity contribution is 0.193. The molecule has 0 N–H and O–H groups in total. The number of fused-ring (bicyclic) bond motifs is 1. The first-order valence-corrected chi connectivity index (χ1v) is 12.5. The molecule has 0 aliphatic rings. The Hall–Kier alpha value is -0.723. The van der Waals surface area contributed by atoms with Gasteiger partial charge in [-0.2, -0.15) is 0 Å². The SMILES string of the molecule is CC[Si](CC)(CC)O[C@@H](C/C=C(/C)I)c1ccc2ncccc2c1. The lowest BCUT2D eigenvalue weighted by atomic mass is 10.0. The minimum Gasteiger partial charge on any atom is -0.410 e. The van der Waals surface area contributed by atoms with Crippen molar-refractivity contribution in [1.29, 1.82) is 0 Å². The van der Waals surface area contributed by atoms with Crippen LogP contribution < -0.4 is 0 Å². The maximum Gasteiger partial charge on any atom is 0.192 e. The first-order chi connectivity index (χ1) is 11.5. The van der Waals surface area contributed by atoms with E-state index in [4.69, 9.17) is 4.43 Å². The van der Waals surface area contributed by atoms with Gasteiger partial charge < -0.3 is 4.43 Å². The van der Waals surface area contributed by atoms with Crippen LogP contribution in [0.4, 0.5) is 0 Å². The normalized spacial score (nSPS) is 14.1. The number of hydrogen-bond acceptors (Lipinski definition) is 2. The summed E-state index contributed by atoms with van der Waals surface area (Å²) in [7, 11) is -1.65. The smallest absolute Gasteiger partial charge is 0.192 e. The Morgan fingerprint density at radius 2 is 1.92 bits per heavy atom. The predicted molar refractivity (Wildman–Crippen MR) is 115 cm³/mol. The Labute approximate surface area is 161 Å². The zero-order chi connectivity index (χ0) is 17.6. The minimum absolute atomic E-state index is 0.144. The average molecular weight is 453 g/mol. The summed E-state index contributed by atoms with van der Waals surface area (Å²) in [5.74, 6) is 0. The van der Waals surface area contributed by atoms with Crippen molar-refractivity contribution >= 4 is 41.8 Å². The summed E-state index contributed by atoms with van der Waals surface area (Å²) in [4.78, 5) is 4.43. The molecule has 0 saturated heterocycles. The molecule has 24 heavy (non-hydrogen) atoms. The average Bonchev–Trinajstić information content (AvgIpc) is 2.62. The lowest BCUT2D eigenvalue weighted by Gasteiger charge is -2.33. The molecule has 0 bridgehead atoms. The summed E-state index contributed by atoms with van der Waals surface area (Å²) >= 11 is 2.38. The molecule has 1 aromatic heterocycles. The third kappa shape index (κ3) is 4.89. The standard InChI is InChI=1S/C20H28INOSi/c1-5-24(6-2,7-3)23-20(13-10-16(4)21)18-11-12-19-17(15-18)9-8-14-22-19/h8-12,14-15,20H,5-7,13H2,1-4H3/b16-10-/t20-/m0/s1. The monoisotopic (exact) mass is 453 g/mol. The summed E-state index contributed by atoms with van der Waals surface area (Å²) in [5, 5.41) is 1.19. The summed E-state index contributed by atoms with van der Waals surface area (Å²) in [5.41, 5.74) is 2.32. The van der Waals surface area contributed by atoms with Crippen molar-refractivity contribution in [3.8, 4) is 0 Å². The van der Waals surface area contributed by atoms with E-state index >= 15 is 0 Å². The van der Waals surface area contributed by atoms with Crippen molar-refractivity contribution in [2.75, 3.05) is 0 Å². The van der Waals surface area contributed by atoms with E-state index in [0.29, 0.717) is 0 Å². The number of hydrogen-bond donors (Lipinski definition) is 0. The van der Waals surface area contributed by atoms with E-state index in [9.17, 15) is 0 Å². The van der Waals surface area contributed by atoms with Gasteiger partial charge in [0.05, 0.1) is 11.6 Å². The highest BCUT2D eigenvalue weighted by Gasteiger charge is 2.32. The molecule has 2 nitrogen and oxygen atoms in total. The number of allylic oxidation sites excluding steroid dienone is 1. The van der Waals surface area contributed by atoms with Crippen LogP contribution in [0.25, 0.3) is 10.9 Å². The van der Waals surface area contributed by atoms with Crippen molar-refractivity contribution in [3.63, 3.8) is 0 Å². The second kappa shape index (κ2) is 9.11. The summed E-state index contributed by atoms with van der Waals surface area (Å²) in [6.07, 6.45) is 5.22. The van der Waals surface area contributed by atoms with Gasteiger partial charge in [0.2, 0.25) is 0 Å². The maximum atomic E-state index is 6.84. The van der Waals surface area contributed by atoms with Gasteiger partial charge in [0.25, 0.3) is 0 Å². The summed E-state index contributed by atoms with van der Waals surface area (Å²) in [6.45, 7) is 9.02. The molecule has 0 saturated carbocycles. The highest BCUT2D eigenvalue weighted by molar-refractivity contribution is 14.1. The number of halogens is 1. The second-order valence-corrected chi connectivity index (χ2v) is 12.8. The Bertz CT molecular complexity index is 685. The van der Waals surface area contributed by atoms with Crippen LogP contribution in [-0.4, -0.2) is 13.3 Å². The van der Waals surface area contributed by atoms with Gasteiger partial charge in [-0.1, -0.05) is 39.0 Å². The Morgan fingerprint density at radius 1 is 1.21 bits per heavy atom. The van der Waals surface area contributed by atoms with E-state index in [0.717, 1.165) is 11.9 Å². The first-order valence-electron chi connectivity index (χ1n) is 8.88. The molecule has 0 aliphatic carbocycles. The first kappa shape index (κ1) is 19.6. The van der Waals surface area contributed by atoms with Crippen molar-refractivity contribution < 1.29 is 4.43 Å². The Kier molecular flexibility index (Phi) is 7.44. The number of nitrogens with zero attached hydrogens (tertiary/aromatic N) is 1. The van der Waals surface area contributed by atoms with Gasteiger partial charge in [0.1, 0.15) is 0 Å². The highest BCUT2D eigenvalue weighted by Crippen LogP contribution is 2.33. The van der Waals surface area contributed by atoms with Crippen molar-refractivity contribution in [2.45, 2.75) is 58.4 Å². The van der Waals surface area contributed by atoms with Crippen molar-refractivity contribution in [1.82, 2.24) is 4.98 Å². The van der Waals surface area contributed by atoms with E-state index in [1.54, 1.807) is 0 Å². The third-order valence-corrected chi connectivity index (χ3v) is 10.0. The molecule has 2 rings (SSSR count). The molecule has 0 aliphatic heterocycles. The van der Waals surface area contributed by atoms with Crippen LogP contribution in [0.3, 0.4) is 0 Å². The number of pyridine rings is 1. The van der Waals surface area contributed by atoms with E-state index < -0.39 is 8.32 Å². The van der Waals surface area contributed by atoms with E-state index in [-0.39, 0.29) is 6.10 Å². The second-order valence-electron chi connectivity index (χ2n) is 6.33. The minimum atomic E-state index is -1.65. The molecule has 0 amide bonds. The molecule has 1 heterocycles. The number of rotatable bonds is 8. The van der Waals surface area contributed by atoms with Crippen molar-refractivity contribution in [3.05, 3.63) is 51.7 Å². The lowest BCUT2D eigenvalue weighted by Crippen LogP contribution is -2.37. The molecular formula is C20H28INOSi. The van der Waals surface area contributed by atoms with Gasteiger partial charge in [0.15, 0.2) is 8.32 Å². The third-order valence-electron chi connectivity index (χ3n) is 4.94. The van der Waals surface area contributed by atoms with E-state index in [1.165, 1.54) is 32.7 Å². The topological polar surface area (TPSA) is 22.1 Å². The van der Waals surface area contributed by atoms with Crippen LogP contribution in [-0.2, 0) is 4.43 Å². The molecule has 1 atom stereocenters. The number of benzene rings is 1. The van der Waals surface area contributed by atoms with Crippen molar-refractivity contribution in [2.24, 2.45) is 0 Å². The van der Waals surface area contributed by atoms with E-state index in [1.807, 2.05) is 12.3 Å². The zero-order valence-corrected chi connectivity index (χ0v) is 18.3. The highest BCUT2D eigenvalue weighted by atomic mass is 127. The van der Waals surface area contributed by atoms with Gasteiger partial charge in [-0.15, -0.1) is 0 Å². The van der Waals surface area contributed by atoms with Crippen LogP contribution in [0, 0.1) is 0 Å². The Balaban J connectivity index is 2.38. The predicted octanol–water partition coefficient (Wildman–Crippen LogP) is 7.03. The van der Waals surface area contributed by atoms with E-state index in [2.05, 4.69) is 85.6 Å². The van der Waals surface area contributed by atoms with Gasteiger partial charge >= 0.3 is 0 Å². The maximum absolute atomic E-state index is 6.84. The molecule has 1 aromatic carbocycles. The zero-order valence-electron chi connectivity index (χ0n) is 15.2. The molecule has 0 spiro atoms. The van der Waals surface area contributed by atoms with Gasteiger partial charge in [-0.05, 0) is 81.4 Å². The van der Waals surface area contributed by atoms with Gasteiger partial charge in [-0.3, -0.25) is 4.98 Å². The van der Waals surface area contributed by atoms with Crippen LogP contribution in [0.15, 0.2) is 46.2 Å². The molecule has 0 radical (unpaired) electrons. The van der Waals surface area contributed by atoms with Crippen LogP contribution in [0.5, 0.6) is 0 Å². The van der Waals surface area contributed by atoms with Gasteiger partial charge in [-0.25, -0.2) is 0 Å². The fourth-order valence-corrected chi connectivity index (χ4v) is 6.21. The largest absolute Gasteiger partial charge is 0.410 e. The molecular weight excluding hydrogens is 425 g/mol. The molecule has 4 heteroatoms. The van der Waals surface area contributed by atoms with Gasteiger partial charge in [0, 0.05) is 11.6 Å². The molecule has 2 aromatic rings. The summed E-state index contributed by atoms with van der Waals surface area (Å²) in [6, 6.07) is 14.2.